The first-order chi connectivity index (χ1) is 6.88. The maximum Gasteiger partial charge on any atom is 0.146 e. The molecule has 1 aromatic rings. The Morgan fingerprint density at radius 2 is 1.93 bits per heavy atom. The molecule has 0 fully saturated rings. The molecule has 0 heterocycles. The smallest absolute Gasteiger partial charge is 0.146 e. The summed E-state index contributed by atoms with van der Waals surface area (Å²) in [4.78, 5) is 1.97. The van der Waals surface area contributed by atoms with E-state index in [0.717, 1.165) is 5.56 Å². The molecule has 0 saturated heterocycles. The van der Waals surface area contributed by atoms with Crippen LogP contribution in [0.2, 0.25) is 0 Å². The van der Waals surface area contributed by atoms with Crippen LogP contribution in [0.4, 0.5) is 10.1 Å². The maximum absolute atomic E-state index is 13.8. The minimum absolute atomic E-state index is 0.0842. The minimum atomic E-state index is -0.163. The molecule has 3 heteroatoms. The van der Waals surface area contributed by atoms with Crippen LogP contribution < -0.4 is 4.90 Å². The minimum Gasteiger partial charge on any atom is -0.367 e. The molecule has 0 amide bonds. The summed E-state index contributed by atoms with van der Waals surface area (Å²) in [5, 5.41) is 0.667. The van der Waals surface area contributed by atoms with Crippen LogP contribution >= 0.6 is 15.9 Å². The lowest BCUT2D eigenvalue weighted by atomic mass is 10.0. The molecule has 0 saturated carbocycles. The Morgan fingerprint density at radius 3 is 2.40 bits per heavy atom. The number of para-hydroxylation sites is 1. The van der Waals surface area contributed by atoms with Gasteiger partial charge in [-0.15, -0.1) is 0 Å². The van der Waals surface area contributed by atoms with Gasteiger partial charge in [-0.3, -0.25) is 0 Å². The third kappa shape index (κ3) is 2.71. The van der Waals surface area contributed by atoms with Crippen LogP contribution in [0.5, 0.6) is 0 Å². The van der Waals surface area contributed by atoms with E-state index in [9.17, 15) is 4.39 Å². The van der Waals surface area contributed by atoms with Gasteiger partial charge in [-0.25, -0.2) is 4.39 Å². The summed E-state index contributed by atoms with van der Waals surface area (Å²) in [7, 11) is 1.92. The lowest BCUT2D eigenvalue weighted by Gasteiger charge is -2.35. The van der Waals surface area contributed by atoms with E-state index in [0.29, 0.717) is 11.0 Å². The zero-order chi connectivity index (χ0) is 11.6. The number of alkyl halides is 1. The summed E-state index contributed by atoms with van der Waals surface area (Å²) in [5.41, 5.74) is 1.58. The van der Waals surface area contributed by atoms with Gasteiger partial charge >= 0.3 is 0 Å². The summed E-state index contributed by atoms with van der Waals surface area (Å²) in [6.45, 7) is 6.20. The molecule has 0 aliphatic heterocycles. The first-order valence-electron chi connectivity index (χ1n) is 4.95. The van der Waals surface area contributed by atoms with Crippen LogP contribution in [-0.2, 0) is 5.33 Å². The highest BCUT2D eigenvalue weighted by Gasteiger charge is 2.22. The van der Waals surface area contributed by atoms with Gasteiger partial charge in [-0.05, 0) is 32.4 Å². The Balaban J connectivity index is 3.23. The second kappa shape index (κ2) is 4.52. The van der Waals surface area contributed by atoms with Gasteiger partial charge in [0.1, 0.15) is 5.82 Å². The zero-order valence-electron chi connectivity index (χ0n) is 9.64. The van der Waals surface area contributed by atoms with Crippen LogP contribution in [-0.4, -0.2) is 12.6 Å². The van der Waals surface area contributed by atoms with E-state index in [-0.39, 0.29) is 11.4 Å². The molecule has 15 heavy (non-hydrogen) atoms. The van der Waals surface area contributed by atoms with Crippen molar-refractivity contribution in [2.45, 2.75) is 31.6 Å². The van der Waals surface area contributed by atoms with Gasteiger partial charge in [0, 0.05) is 17.9 Å². The largest absolute Gasteiger partial charge is 0.367 e. The van der Waals surface area contributed by atoms with Crippen molar-refractivity contribution in [3.8, 4) is 0 Å². The predicted octanol–water partition coefficient (Wildman–Crippen LogP) is 3.96. The molecule has 1 aromatic carbocycles. The number of benzene rings is 1. The van der Waals surface area contributed by atoms with Crippen molar-refractivity contribution in [3.05, 3.63) is 29.6 Å². The third-order valence-electron chi connectivity index (χ3n) is 2.56. The Bertz CT molecular complexity index is 344. The summed E-state index contributed by atoms with van der Waals surface area (Å²) in [6, 6.07) is 5.19. The normalized spacial score (nSPS) is 11.6. The van der Waals surface area contributed by atoms with Crippen LogP contribution in [0.25, 0.3) is 0 Å². The van der Waals surface area contributed by atoms with Gasteiger partial charge in [0.25, 0.3) is 0 Å². The van der Waals surface area contributed by atoms with Gasteiger partial charge in [-0.1, -0.05) is 28.1 Å². The van der Waals surface area contributed by atoms with Crippen LogP contribution in [0.1, 0.15) is 26.3 Å². The van der Waals surface area contributed by atoms with E-state index < -0.39 is 0 Å². The van der Waals surface area contributed by atoms with Gasteiger partial charge in [0.2, 0.25) is 0 Å². The SMILES string of the molecule is CN(c1c(F)cccc1CBr)C(C)(C)C. The molecule has 0 atom stereocenters. The van der Waals surface area contributed by atoms with Crippen molar-refractivity contribution in [1.82, 2.24) is 0 Å². The van der Waals surface area contributed by atoms with E-state index in [2.05, 4.69) is 36.7 Å². The predicted molar refractivity (Wildman–Crippen MR) is 67.2 cm³/mol. The van der Waals surface area contributed by atoms with Gasteiger partial charge in [0.05, 0.1) is 5.69 Å². The fraction of sp³-hybridized carbons (Fsp3) is 0.500. The van der Waals surface area contributed by atoms with E-state index >= 15 is 0 Å². The molecule has 0 unspecified atom stereocenters. The molecular weight excluding hydrogens is 257 g/mol. The monoisotopic (exact) mass is 273 g/mol. The number of rotatable bonds is 2. The average Bonchev–Trinajstić information content (AvgIpc) is 2.15. The summed E-state index contributed by atoms with van der Waals surface area (Å²) >= 11 is 3.38. The molecule has 0 radical (unpaired) electrons. The fourth-order valence-corrected chi connectivity index (χ4v) is 1.83. The maximum atomic E-state index is 13.8. The van der Waals surface area contributed by atoms with Crippen molar-refractivity contribution in [3.63, 3.8) is 0 Å². The first kappa shape index (κ1) is 12.5. The molecule has 0 N–H and O–H groups in total. The highest BCUT2D eigenvalue weighted by atomic mass is 79.9. The quantitative estimate of drug-likeness (QED) is 0.738. The Kier molecular flexibility index (Phi) is 3.77. The molecular formula is C12H17BrFN. The van der Waals surface area contributed by atoms with Crippen molar-refractivity contribution < 1.29 is 4.39 Å². The topological polar surface area (TPSA) is 3.24 Å². The van der Waals surface area contributed by atoms with Crippen molar-refractivity contribution in [2.75, 3.05) is 11.9 Å². The second-order valence-electron chi connectivity index (χ2n) is 4.61. The summed E-state index contributed by atoms with van der Waals surface area (Å²) in [5.74, 6) is -0.163. The Hall–Kier alpha value is -0.570. The highest BCUT2D eigenvalue weighted by Crippen LogP contribution is 2.30. The number of hydrogen-bond acceptors (Lipinski definition) is 1. The molecule has 1 rings (SSSR count). The average molecular weight is 274 g/mol. The molecule has 0 aliphatic carbocycles. The summed E-state index contributed by atoms with van der Waals surface area (Å²) in [6.07, 6.45) is 0. The standard InChI is InChI=1S/C12H17BrFN/c1-12(2,3)15(4)11-9(8-13)6-5-7-10(11)14/h5-7H,8H2,1-4H3. The number of anilines is 1. The van der Waals surface area contributed by atoms with Crippen molar-refractivity contribution in [2.24, 2.45) is 0 Å². The number of halogens is 2. The molecule has 0 aliphatic rings. The van der Waals surface area contributed by atoms with Crippen LogP contribution in [0, 0.1) is 5.82 Å². The zero-order valence-corrected chi connectivity index (χ0v) is 11.2. The van der Waals surface area contributed by atoms with Gasteiger partial charge in [0.15, 0.2) is 0 Å². The molecule has 0 aromatic heterocycles. The van der Waals surface area contributed by atoms with Crippen LogP contribution in [0.3, 0.4) is 0 Å². The lowest BCUT2D eigenvalue weighted by molar-refractivity contribution is 0.520. The van der Waals surface area contributed by atoms with E-state index in [1.54, 1.807) is 6.07 Å². The van der Waals surface area contributed by atoms with E-state index in [1.807, 2.05) is 18.0 Å². The molecule has 1 nitrogen and oxygen atoms in total. The molecule has 0 bridgehead atoms. The van der Waals surface area contributed by atoms with Crippen molar-refractivity contribution in [1.29, 1.82) is 0 Å². The fourth-order valence-electron chi connectivity index (χ4n) is 1.38. The summed E-state index contributed by atoms with van der Waals surface area (Å²) < 4.78 is 13.8. The van der Waals surface area contributed by atoms with Crippen molar-refractivity contribution >= 4 is 21.6 Å². The van der Waals surface area contributed by atoms with Crippen LogP contribution in [0.15, 0.2) is 18.2 Å². The van der Waals surface area contributed by atoms with E-state index in [1.165, 1.54) is 6.07 Å². The Morgan fingerprint density at radius 1 is 1.33 bits per heavy atom. The van der Waals surface area contributed by atoms with E-state index in [4.69, 9.17) is 0 Å². The number of hydrogen-bond donors (Lipinski definition) is 0. The Labute approximate surface area is 99.4 Å². The lowest BCUT2D eigenvalue weighted by Crippen LogP contribution is -2.39. The highest BCUT2D eigenvalue weighted by molar-refractivity contribution is 9.08. The molecule has 84 valence electrons. The first-order valence-corrected chi connectivity index (χ1v) is 6.07. The van der Waals surface area contributed by atoms with Gasteiger partial charge in [-0.2, -0.15) is 0 Å². The number of nitrogens with zero attached hydrogens (tertiary/aromatic N) is 1. The third-order valence-corrected chi connectivity index (χ3v) is 3.16. The molecule has 0 spiro atoms. The second-order valence-corrected chi connectivity index (χ2v) is 5.17. The van der Waals surface area contributed by atoms with Gasteiger partial charge < -0.3 is 4.90 Å².